The third-order valence-corrected chi connectivity index (χ3v) is 3.48. The molecule has 5 heteroatoms. The number of nitrogens with zero attached hydrogens (tertiary/aromatic N) is 2. The summed E-state index contributed by atoms with van der Waals surface area (Å²) in [5.41, 5.74) is 1.95. The van der Waals surface area contributed by atoms with Crippen molar-refractivity contribution >= 4 is 11.5 Å². The maximum absolute atomic E-state index is 12.4. The van der Waals surface area contributed by atoms with Crippen LogP contribution in [0.15, 0.2) is 46.8 Å². The van der Waals surface area contributed by atoms with Crippen molar-refractivity contribution in [3.05, 3.63) is 47.2 Å². The molecule has 0 aromatic heterocycles. The van der Waals surface area contributed by atoms with Gasteiger partial charge in [-0.25, -0.2) is 0 Å². The number of rotatable bonds is 6. The van der Waals surface area contributed by atoms with Crippen LogP contribution < -0.4 is 0 Å². The number of hydrogen-bond acceptors (Lipinski definition) is 5. The van der Waals surface area contributed by atoms with E-state index in [-0.39, 0.29) is 18.1 Å². The molecule has 118 valence electrons. The lowest BCUT2D eigenvalue weighted by atomic mass is 9.98. The summed E-state index contributed by atoms with van der Waals surface area (Å²) < 4.78 is 0. The van der Waals surface area contributed by atoms with Gasteiger partial charge in [0.2, 0.25) is 0 Å². The molecule has 22 heavy (non-hydrogen) atoms. The fourth-order valence-electron chi connectivity index (χ4n) is 2.50. The number of aliphatic hydroxyl groups is 1. The van der Waals surface area contributed by atoms with Gasteiger partial charge in [-0.1, -0.05) is 42.4 Å². The largest absolute Gasteiger partial charge is 0.510 e. The molecule has 5 nitrogen and oxygen atoms in total. The van der Waals surface area contributed by atoms with Gasteiger partial charge in [0, 0.05) is 6.54 Å². The zero-order valence-electron chi connectivity index (χ0n) is 13.1. The lowest BCUT2D eigenvalue weighted by molar-refractivity contribution is -0.117. The van der Waals surface area contributed by atoms with Crippen molar-refractivity contribution < 1.29 is 14.7 Å². The van der Waals surface area contributed by atoms with Crippen LogP contribution in [0.4, 0.5) is 0 Å². The first-order valence-corrected chi connectivity index (χ1v) is 7.56. The highest BCUT2D eigenvalue weighted by Crippen LogP contribution is 2.18. The van der Waals surface area contributed by atoms with Gasteiger partial charge in [0.05, 0.1) is 24.4 Å². The second-order valence-electron chi connectivity index (χ2n) is 5.18. The van der Waals surface area contributed by atoms with Crippen LogP contribution in [-0.4, -0.2) is 41.2 Å². The second-order valence-corrected chi connectivity index (χ2v) is 5.18. The quantitative estimate of drug-likeness (QED) is 0.648. The van der Waals surface area contributed by atoms with Crippen molar-refractivity contribution in [2.75, 3.05) is 19.7 Å². The fourth-order valence-corrected chi connectivity index (χ4v) is 2.50. The maximum Gasteiger partial charge on any atom is 0.182 e. The van der Waals surface area contributed by atoms with Crippen molar-refractivity contribution in [1.82, 2.24) is 4.90 Å². The summed E-state index contributed by atoms with van der Waals surface area (Å²) in [6.07, 6.45) is 0.545. The lowest BCUT2D eigenvalue weighted by Crippen LogP contribution is -2.39. The van der Waals surface area contributed by atoms with E-state index in [2.05, 4.69) is 5.16 Å². The van der Waals surface area contributed by atoms with Crippen LogP contribution in [0, 0.1) is 0 Å². The van der Waals surface area contributed by atoms with E-state index in [1.54, 1.807) is 0 Å². The van der Waals surface area contributed by atoms with Gasteiger partial charge in [0.1, 0.15) is 12.4 Å². The van der Waals surface area contributed by atoms with E-state index in [0.717, 1.165) is 5.56 Å². The van der Waals surface area contributed by atoms with E-state index in [4.69, 9.17) is 4.84 Å². The van der Waals surface area contributed by atoms with Gasteiger partial charge in [-0.15, -0.1) is 0 Å². The molecule has 0 saturated heterocycles. The number of aliphatic hydroxyl groups excluding tert-OH is 1. The Morgan fingerprint density at radius 3 is 2.59 bits per heavy atom. The van der Waals surface area contributed by atoms with Crippen LogP contribution in [0.1, 0.15) is 25.8 Å². The summed E-state index contributed by atoms with van der Waals surface area (Å²) in [4.78, 5) is 19.3. The summed E-state index contributed by atoms with van der Waals surface area (Å²) >= 11 is 0. The van der Waals surface area contributed by atoms with Gasteiger partial charge >= 0.3 is 0 Å². The lowest BCUT2D eigenvalue weighted by Gasteiger charge is -2.27. The zero-order chi connectivity index (χ0) is 15.9. The molecule has 0 aliphatic carbocycles. The molecule has 0 radical (unpaired) electrons. The highest BCUT2D eigenvalue weighted by molar-refractivity contribution is 6.23. The molecule has 0 amide bonds. The first-order valence-electron chi connectivity index (χ1n) is 7.56. The Morgan fingerprint density at radius 2 is 2.00 bits per heavy atom. The smallest absolute Gasteiger partial charge is 0.182 e. The van der Waals surface area contributed by atoms with Crippen LogP contribution in [0.2, 0.25) is 0 Å². The molecule has 0 spiro atoms. The third kappa shape index (κ3) is 3.95. The number of oxime groups is 1. The highest BCUT2D eigenvalue weighted by Gasteiger charge is 2.28. The Bertz CT molecular complexity index is 579. The minimum absolute atomic E-state index is 0.0764. The van der Waals surface area contributed by atoms with Crippen LogP contribution in [0.25, 0.3) is 0 Å². The molecule has 1 aromatic carbocycles. The van der Waals surface area contributed by atoms with E-state index in [1.165, 1.54) is 0 Å². The Kier molecular flexibility index (Phi) is 5.72. The van der Waals surface area contributed by atoms with E-state index in [1.807, 2.05) is 49.1 Å². The summed E-state index contributed by atoms with van der Waals surface area (Å²) in [5, 5.41) is 14.2. The predicted octanol–water partition coefficient (Wildman–Crippen LogP) is 2.69. The van der Waals surface area contributed by atoms with Gasteiger partial charge in [-0.2, -0.15) is 0 Å². The molecule has 0 saturated carbocycles. The van der Waals surface area contributed by atoms with Crippen LogP contribution in [0.5, 0.6) is 0 Å². The zero-order valence-corrected chi connectivity index (χ0v) is 13.1. The number of carbonyl (C=O) groups excluding carboxylic acids is 1. The molecule has 0 atom stereocenters. The first kappa shape index (κ1) is 16.2. The van der Waals surface area contributed by atoms with Crippen molar-refractivity contribution in [2.45, 2.75) is 26.8 Å². The highest BCUT2D eigenvalue weighted by atomic mass is 16.6. The van der Waals surface area contributed by atoms with Gasteiger partial charge < -0.3 is 9.94 Å². The number of Topliss-reactive ketones (excluding diaryl/α,β-unsaturated/α-hetero) is 1. The second kappa shape index (κ2) is 7.75. The summed E-state index contributed by atoms with van der Waals surface area (Å²) in [6.45, 7) is 5.41. The van der Waals surface area contributed by atoms with Crippen LogP contribution in [0.3, 0.4) is 0 Å². The molecule has 1 aliphatic rings. The minimum atomic E-state index is -0.111. The van der Waals surface area contributed by atoms with E-state index in [9.17, 15) is 9.90 Å². The van der Waals surface area contributed by atoms with Crippen molar-refractivity contribution in [3.8, 4) is 0 Å². The first-order chi connectivity index (χ1) is 10.7. The minimum Gasteiger partial charge on any atom is -0.510 e. The number of hydrogen-bond donors (Lipinski definition) is 1. The topological polar surface area (TPSA) is 62.1 Å². The molecule has 1 N–H and O–H groups in total. The Balaban J connectivity index is 2.14. The van der Waals surface area contributed by atoms with Gasteiger partial charge in [0.15, 0.2) is 5.78 Å². The molecule has 0 fully saturated rings. The standard InChI is InChI=1S/C17H22N2O3/c1-3-14(18-22-4-2)17-15(20)11-19(12-16(17)21)10-13-8-6-5-7-9-13/h5-9,20H,3-4,10-12H2,1-2H3. The Labute approximate surface area is 130 Å². The van der Waals surface area contributed by atoms with E-state index >= 15 is 0 Å². The Hall–Kier alpha value is -2.14. The molecular formula is C17H22N2O3. The monoisotopic (exact) mass is 302 g/mol. The normalized spacial score (nSPS) is 17.0. The van der Waals surface area contributed by atoms with Crippen LogP contribution >= 0.6 is 0 Å². The van der Waals surface area contributed by atoms with Gasteiger partial charge in [-0.05, 0) is 18.9 Å². The van der Waals surface area contributed by atoms with Crippen LogP contribution in [-0.2, 0) is 16.2 Å². The predicted molar refractivity (Wildman–Crippen MR) is 85.7 cm³/mol. The summed E-state index contributed by atoms with van der Waals surface area (Å²) in [6, 6.07) is 9.90. The van der Waals surface area contributed by atoms with E-state index in [0.29, 0.717) is 37.4 Å². The average molecular weight is 302 g/mol. The Morgan fingerprint density at radius 1 is 1.27 bits per heavy atom. The number of benzene rings is 1. The van der Waals surface area contributed by atoms with Crippen molar-refractivity contribution in [1.29, 1.82) is 0 Å². The molecule has 1 aliphatic heterocycles. The molecular weight excluding hydrogens is 280 g/mol. The van der Waals surface area contributed by atoms with Gasteiger partial charge in [0.25, 0.3) is 0 Å². The molecule has 2 rings (SSSR count). The molecule has 0 bridgehead atoms. The fraction of sp³-hybridized carbons (Fsp3) is 0.412. The summed E-state index contributed by atoms with van der Waals surface area (Å²) in [7, 11) is 0. The van der Waals surface area contributed by atoms with Crippen molar-refractivity contribution in [2.24, 2.45) is 5.16 Å². The molecule has 1 aromatic rings. The van der Waals surface area contributed by atoms with E-state index < -0.39 is 0 Å². The third-order valence-electron chi connectivity index (χ3n) is 3.48. The molecule has 0 unspecified atom stereocenters. The van der Waals surface area contributed by atoms with Gasteiger partial charge in [-0.3, -0.25) is 9.69 Å². The van der Waals surface area contributed by atoms with Crippen molar-refractivity contribution in [3.63, 3.8) is 0 Å². The summed E-state index contributed by atoms with van der Waals surface area (Å²) in [5.74, 6) is -0.0348. The number of carbonyl (C=O) groups is 1. The molecule has 1 heterocycles. The SMILES string of the molecule is CCON=C(CC)C1=C(O)CN(Cc2ccccc2)CC1=O. The number of ketones is 1. The maximum atomic E-state index is 12.4. The average Bonchev–Trinajstić information content (AvgIpc) is 2.51.